The number of aromatic nitrogens is 1. The van der Waals surface area contributed by atoms with Crippen LogP contribution >= 0.6 is 15.9 Å². The molecule has 0 bridgehead atoms. The first-order valence-corrected chi connectivity index (χ1v) is 8.57. The molecule has 0 saturated carbocycles. The zero-order chi connectivity index (χ0) is 16.0. The van der Waals surface area contributed by atoms with E-state index in [4.69, 9.17) is 9.98 Å². The van der Waals surface area contributed by atoms with Gasteiger partial charge in [0.1, 0.15) is 0 Å². The van der Waals surface area contributed by atoms with Gasteiger partial charge in [-0.3, -0.25) is 4.99 Å². The van der Waals surface area contributed by atoms with Crippen molar-refractivity contribution in [3.8, 4) is 0 Å². The number of para-hydroxylation sites is 1. The molecule has 0 fully saturated rings. The Morgan fingerprint density at radius 2 is 1.78 bits per heavy atom. The van der Waals surface area contributed by atoms with Gasteiger partial charge in [-0.2, -0.15) is 0 Å². The van der Waals surface area contributed by atoms with E-state index in [1.165, 1.54) is 11.1 Å². The lowest BCUT2D eigenvalue weighted by Crippen LogP contribution is -2.30. The molecule has 0 unspecified atom stereocenters. The molecule has 0 atom stereocenters. The number of pyridine rings is 1. The molecule has 3 aromatic rings. The van der Waals surface area contributed by atoms with Crippen LogP contribution in [0.15, 0.2) is 64.1 Å². The molecule has 2 heterocycles. The Morgan fingerprint density at radius 1 is 0.957 bits per heavy atom. The van der Waals surface area contributed by atoms with Gasteiger partial charge in [-0.1, -0.05) is 52.3 Å². The molecule has 3 heteroatoms. The van der Waals surface area contributed by atoms with Gasteiger partial charge in [-0.05, 0) is 44.0 Å². The fourth-order valence-electron chi connectivity index (χ4n) is 3.19. The Kier molecular flexibility index (Phi) is 3.34. The summed E-state index contributed by atoms with van der Waals surface area (Å²) in [7, 11) is 0. The van der Waals surface area contributed by atoms with Crippen LogP contribution in [0, 0.1) is 0 Å². The van der Waals surface area contributed by atoms with Crippen molar-refractivity contribution < 1.29 is 0 Å². The van der Waals surface area contributed by atoms with E-state index in [1.807, 2.05) is 12.1 Å². The van der Waals surface area contributed by atoms with Crippen molar-refractivity contribution in [1.29, 1.82) is 0 Å². The average Bonchev–Trinajstić information content (AvgIpc) is 2.54. The second kappa shape index (κ2) is 5.27. The summed E-state index contributed by atoms with van der Waals surface area (Å²) < 4.78 is 1.15. The molecule has 23 heavy (non-hydrogen) atoms. The second-order valence-corrected chi connectivity index (χ2v) is 7.46. The number of hydrogen-bond donors (Lipinski definition) is 0. The highest BCUT2D eigenvalue weighted by Gasteiger charge is 2.29. The third kappa shape index (κ3) is 2.59. The molecular weight excluding hydrogens is 348 g/mol. The molecule has 2 nitrogen and oxygen atoms in total. The van der Waals surface area contributed by atoms with Gasteiger partial charge in [0.2, 0.25) is 0 Å². The number of benzene rings is 2. The summed E-state index contributed by atoms with van der Waals surface area (Å²) in [5.41, 5.74) is 5.31. The smallest absolute Gasteiger partial charge is 0.0913 e. The quantitative estimate of drug-likeness (QED) is 0.584. The highest BCUT2D eigenvalue weighted by molar-refractivity contribution is 9.10. The molecule has 0 aliphatic carbocycles. The van der Waals surface area contributed by atoms with Gasteiger partial charge in [-0.25, -0.2) is 4.98 Å². The molecule has 4 rings (SSSR count). The van der Waals surface area contributed by atoms with E-state index in [0.29, 0.717) is 0 Å². The summed E-state index contributed by atoms with van der Waals surface area (Å²) in [4.78, 5) is 9.85. The van der Waals surface area contributed by atoms with Crippen LogP contribution in [0.2, 0.25) is 0 Å². The van der Waals surface area contributed by atoms with Crippen LogP contribution in [0.4, 0.5) is 0 Å². The standard InChI is InChI=1S/C20H17BrN2/c1-20(2)12-15-14(7-5-8-16(15)21)19(23-20)18-11-10-13-6-3-4-9-17(13)22-18/h3-11H,12H2,1-2H3. The second-order valence-electron chi connectivity index (χ2n) is 6.60. The van der Waals surface area contributed by atoms with Crippen LogP contribution in [0.3, 0.4) is 0 Å². The first-order chi connectivity index (χ1) is 11.0. The number of aliphatic imine (C=N–C) groups is 1. The maximum absolute atomic E-state index is 5.01. The fraction of sp³-hybridized carbons (Fsp3) is 0.200. The molecule has 0 N–H and O–H groups in total. The molecule has 2 aromatic carbocycles. The van der Waals surface area contributed by atoms with Gasteiger partial charge in [0.05, 0.1) is 22.5 Å². The lowest BCUT2D eigenvalue weighted by molar-refractivity contribution is 0.512. The van der Waals surface area contributed by atoms with Crippen molar-refractivity contribution in [2.45, 2.75) is 25.8 Å². The molecular formula is C20H17BrN2. The number of halogens is 1. The predicted molar refractivity (Wildman–Crippen MR) is 99.3 cm³/mol. The van der Waals surface area contributed by atoms with E-state index in [9.17, 15) is 0 Å². The monoisotopic (exact) mass is 364 g/mol. The van der Waals surface area contributed by atoms with Crippen LogP contribution in [0.5, 0.6) is 0 Å². The van der Waals surface area contributed by atoms with Gasteiger partial charge >= 0.3 is 0 Å². The van der Waals surface area contributed by atoms with Crippen molar-refractivity contribution in [1.82, 2.24) is 4.98 Å². The lowest BCUT2D eigenvalue weighted by atomic mass is 9.86. The molecule has 0 saturated heterocycles. The Bertz CT molecular complexity index is 941. The van der Waals surface area contributed by atoms with Crippen molar-refractivity contribution >= 4 is 32.5 Å². The van der Waals surface area contributed by atoms with Gasteiger partial charge in [0.15, 0.2) is 0 Å². The molecule has 0 spiro atoms. The predicted octanol–water partition coefficient (Wildman–Crippen LogP) is 5.17. The largest absolute Gasteiger partial charge is 0.276 e. The topological polar surface area (TPSA) is 25.2 Å². The highest BCUT2D eigenvalue weighted by atomic mass is 79.9. The molecule has 0 amide bonds. The fourth-order valence-corrected chi connectivity index (χ4v) is 3.69. The van der Waals surface area contributed by atoms with E-state index < -0.39 is 0 Å². The van der Waals surface area contributed by atoms with Gasteiger partial charge < -0.3 is 0 Å². The Balaban J connectivity index is 1.95. The Labute approximate surface area is 144 Å². The van der Waals surface area contributed by atoms with E-state index >= 15 is 0 Å². The maximum atomic E-state index is 5.01. The van der Waals surface area contributed by atoms with E-state index in [0.717, 1.165) is 33.2 Å². The summed E-state index contributed by atoms with van der Waals surface area (Å²) >= 11 is 3.70. The summed E-state index contributed by atoms with van der Waals surface area (Å²) in [6, 6.07) is 18.7. The van der Waals surface area contributed by atoms with Gasteiger partial charge in [-0.15, -0.1) is 0 Å². The lowest BCUT2D eigenvalue weighted by Gasteiger charge is -2.29. The maximum Gasteiger partial charge on any atom is 0.0913 e. The van der Waals surface area contributed by atoms with E-state index in [2.05, 4.69) is 72.2 Å². The van der Waals surface area contributed by atoms with Crippen LogP contribution in [-0.4, -0.2) is 16.2 Å². The zero-order valence-corrected chi connectivity index (χ0v) is 14.8. The minimum absolute atomic E-state index is 0.125. The first-order valence-electron chi connectivity index (χ1n) is 7.77. The average molecular weight is 365 g/mol. The van der Waals surface area contributed by atoms with Crippen molar-refractivity contribution in [2.24, 2.45) is 4.99 Å². The molecule has 1 aliphatic heterocycles. The summed E-state index contributed by atoms with van der Waals surface area (Å²) in [5, 5.41) is 1.15. The third-order valence-corrected chi connectivity index (χ3v) is 4.98. The summed E-state index contributed by atoms with van der Waals surface area (Å²) in [5.74, 6) is 0. The van der Waals surface area contributed by atoms with Crippen LogP contribution in [0.25, 0.3) is 10.9 Å². The third-order valence-electron chi connectivity index (χ3n) is 4.24. The molecule has 0 radical (unpaired) electrons. The van der Waals surface area contributed by atoms with Crippen LogP contribution < -0.4 is 0 Å². The van der Waals surface area contributed by atoms with Gasteiger partial charge in [0.25, 0.3) is 0 Å². The summed E-state index contributed by atoms with van der Waals surface area (Å²) in [6.45, 7) is 4.35. The Morgan fingerprint density at radius 3 is 2.65 bits per heavy atom. The summed E-state index contributed by atoms with van der Waals surface area (Å²) in [6.07, 6.45) is 0.931. The zero-order valence-electron chi connectivity index (χ0n) is 13.2. The Hall–Kier alpha value is -2.00. The normalized spacial score (nSPS) is 16.0. The number of rotatable bonds is 1. The SMILES string of the molecule is CC1(C)Cc2c(Br)cccc2C(c2ccc3ccccc3n2)=N1. The number of nitrogens with zero attached hydrogens (tertiary/aromatic N) is 2. The van der Waals surface area contributed by atoms with Crippen LogP contribution in [0.1, 0.15) is 30.7 Å². The first kappa shape index (κ1) is 14.6. The van der Waals surface area contributed by atoms with Gasteiger partial charge in [0, 0.05) is 15.4 Å². The number of hydrogen-bond acceptors (Lipinski definition) is 2. The van der Waals surface area contributed by atoms with E-state index in [1.54, 1.807) is 0 Å². The van der Waals surface area contributed by atoms with Crippen molar-refractivity contribution in [3.05, 3.63) is 75.9 Å². The number of fused-ring (bicyclic) bond motifs is 2. The van der Waals surface area contributed by atoms with Crippen molar-refractivity contribution in [3.63, 3.8) is 0 Å². The molecule has 1 aliphatic rings. The molecule has 114 valence electrons. The minimum Gasteiger partial charge on any atom is -0.276 e. The highest BCUT2D eigenvalue weighted by Crippen LogP contribution is 2.33. The molecule has 1 aromatic heterocycles. The van der Waals surface area contributed by atoms with E-state index in [-0.39, 0.29) is 5.54 Å². The van der Waals surface area contributed by atoms with Crippen LogP contribution in [-0.2, 0) is 6.42 Å². The van der Waals surface area contributed by atoms with Crippen molar-refractivity contribution in [2.75, 3.05) is 0 Å². The minimum atomic E-state index is -0.125.